The van der Waals surface area contributed by atoms with Crippen molar-refractivity contribution >= 4 is 34.9 Å². The number of fused-ring (bicyclic) bond motifs is 3. The van der Waals surface area contributed by atoms with Crippen LogP contribution in [-0.4, -0.2) is 35.9 Å². The van der Waals surface area contributed by atoms with Gasteiger partial charge in [-0.1, -0.05) is 0 Å². The number of benzene rings is 2. The maximum atomic E-state index is 14.0. The van der Waals surface area contributed by atoms with Crippen molar-refractivity contribution in [2.75, 3.05) is 22.6 Å². The molecular formula is C28H26F3N5O4. The third kappa shape index (κ3) is 5.70. The number of aromatic nitrogens is 1. The summed E-state index contributed by atoms with van der Waals surface area (Å²) in [5, 5.41) is 7.47. The first kappa shape index (κ1) is 27.0. The Morgan fingerprint density at radius 3 is 2.25 bits per heavy atom. The van der Waals surface area contributed by atoms with Crippen molar-refractivity contribution in [2.45, 2.75) is 37.9 Å². The molecule has 2 aromatic carbocycles. The monoisotopic (exact) mass is 553 g/mol. The van der Waals surface area contributed by atoms with E-state index in [9.17, 15) is 27.6 Å². The fraction of sp³-hybridized carbons (Fsp3) is 0.286. The molecule has 2 bridgehead atoms. The van der Waals surface area contributed by atoms with Crippen LogP contribution in [0.4, 0.5) is 35.0 Å². The van der Waals surface area contributed by atoms with Gasteiger partial charge in [0.2, 0.25) is 5.91 Å². The molecular weight excluding hydrogens is 527 g/mol. The second-order valence-corrected chi connectivity index (χ2v) is 9.60. The number of anilines is 3. The second-order valence-electron chi connectivity index (χ2n) is 9.60. The maximum absolute atomic E-state index is 14.0. The minimum Gasteiger partial charge on any atom is -0.457 e. The number of ether oxygens (including phenoxy) is 1. The Kier molecular flexibility index (Phi) is 7.33. The van der Waals surface area contributed by atoms with Gasteiger partial charge in [0.15, 0.2) is 0 Å². The summed E-state index contributed by atoms with van der Waals surface area (Å²) in [5.41, 5.74) is -0.652. The number of carbonyl (C=O) groups is 3. The molecule has 2 aliphatic heterocycles. The third-order valence-electron chi connectivity index (χ3n) is 7.01. The molecule has 9 nitrogen and oxygen atoms in total. The largest absolute Gasteiger partial charge is 0.457 e. The molecule has 0 unspecified atom stereocenters. The number of nitrogens with one attached hydrogen (secondary N) is 3. The van der Waals surface area contributed by atoms with Crippen molar-refractivity contribution in [3.05, 3.63) is 72.1 Å². The topological polar surface area (TPSA) is 113 Å². The van der Waals surface area contributed by atoms with Crippen LogP contribution in [0.1, 0.15) is 41.7 Å². The minimum absolute atomic E-state index is 0.0623. The first-order chi connectivity index (χ1) is 19.1. The number of piperidine rings is 2. The Labute approximate surface area is 227 Å². The highest BCUT2D eigenvalue weighted by Gasteiger charge is 2.44. The summed E-state index contributed by atoms with van der Waals surface area (Å²) >= 11 is 0. The van der Waals surface area contributed by atoms with Crippen molar-refractivity contribution in [2.24, 2.45) is 5.92 Å². The fourth-order valence-corrected chi connectivity index (χ4v) is 5.09. The average molecular weight is 554 g/mol. The number of urea groups is 1. The van der Waals surface area contributed by atoms with Gasteiger partial charge in [-0.15, -0.1) is 0 Å². The zero-order valence-electron chi connectivity index (χ0n) is 21.4. The predicted molar refractivity (Wildman–Crippen MR) is 141 cm³/mol. The Bertz CT molecular complexity index is 1440. The van der Waals surface area contributed by atoms with E-state index < -0.39 is 17.8 Å². The van der Waals surface area contributed by atoms with Crippen molar-refractivity contribution in [1.82, 2.24) is 10.3 Å². The van der Waals surface area contributed by atoms with Crippen LogP contribution >= 0.6 is 0 Å². The van der Waals surface area contributed by atoms with Crippen LogP contribution in [-0.2, 0) is 11.0 Å². The number of rotatable bonds is 6. The summed E-state index contributed by atoms with van der Waals surface area (Å²) in [7, 11) is 1.49. The molecule has 3 fully saturated rings. The van der Waals surface area contributed by atoms with Crippen LogP contribution < -0.4 is 25.6 Å². The molecule has 208 valence electrons. The van der Waals surface area contributed by atoms with E-state index >= 15 is 0 Å². The highest BCUT2D eigenvalue weighted by Crippen LogP contribution is 2.44. The number of pyridine rings is 1. The van der Waals surface area contributed by atoms with Gasteiger partial charge in [0.05, 0.1) is 11.3 Å². The van der Waals surface area contributed by atoms with Crippen LogP contribution in [0.3, 0.4) is 0 Å². The van der Waals surface area contributed by atoms with Gasteiger partial charge in [-0.25, -0.2) is 4.79 Å². The van der Waals surface area contributed by atoms with Crippen molar-refractivity contribution < 1.29 is 32.3 Å². The molecule has 3 heterocycles. The van der Waals surface area contributed by atoms with Crippen LogP contribution in [0.15, 0.2) is 60.8 Å². The van der Waals surface area contributed by atoms with Gasteiger partial charge in [-0.3, -0.25) is 14.6 Å². The van der Waals surface area contributed by atoms with Gasteiger partial charge in [0.1, 0.15) is 17.2 Å². The zero-order valence-corrected chi connectivity index (χ0v) is 21.4. The predicted octanol–water partition coefficient (Wildman–Crippen LogP) is 5.80. The number of halogens is 3. The molecule has 1 aliphatic carbocycles. The molecule has 2 saturated heterocycles. The molecule has 0 radical (unpaired) electrons. The minimum atomic E-state index is -4.72. The highest BCUT2D eigenvalue weighted by atomic mass is 19.4. The molecule has 3 aliphatic rings. The van der Waals surface area contributed by atoms with Crippen LogP contribution in [0.5, 0.6) is 11.5 Å². The van der Waals surface area contributed by atoms with E-state index in [1.807, 2.05) is 0 Å². The van der Waals surface area contributed by atoms with E-state index in [-0.39, 0.29) is 40.8 Å². The standard InChI is InChI=1S/C28H26F3N5O4/c1-32-25(37)23-15-21(12-13-33-23)40-20-9-4-17(5-10-20)34-27(39)35-18-6-11-24(22(14-18)28(29,30)31)36-19-7-2-16(3-8-19)26(36)38/h4-6,9-16,19H,2-3,7-8H2,1H3,(H,32,37)(H2,34,35,39). The van der Waals surface area contributed by atoms with E-state index in [1.165, 1.54) is 36.3 Å². The Balaban J connectivity index is 1.25. The smallest absolute Gasteiger partial charge is 0.418 e. The molecule has 4 amide bonds. The second kappa shape index (κ2) is 10.9. The molecule has 3 aromatic rings. The lowest BCUT2D eigenvalue weighted by molar-refractivity contribution is -0.137. The van der Waals surface area contributed by atoms with Crippen molar-refractivity contribution in [3.63, 3.8) is 0 Å². The Hall–Kier alpha value is -4.61. The molecule has 3 N–H and O–H groups in total. The summed E-state index contributed by atoms with van der Waals surface area (Å²) < 4.78 is 47.7. The molecule has 1 aromatic heterocycles. The van der Waals surface area contributed by atoms with Gasteiger partial charge >= 0.3 is 12.2 Å². The van der Waals surface area contributed by atoms with Gasteiger partial charge in [-0.2, -0.15) is 13.2 Å². The quantitative estimate of drug-likeness (QED) is 0.357. The number of amides is 4. The molecule has 1 saturated carbocycles. The van der Waals surface area contributed by atoms with Crippen LogP contribution in [0, 0.1) is 5.92 Å². The van der Waals surface area contributed by atoms with Gasteiger partial charge in [0.25, 0.3) is 5.91 Å². The number of hydrogen-bond acceptors (Lipinski definition) is 5. The van der Waals surface area contributed by atoms with E-state index in [4.69, 9.17) is 4.74 Å². The molecule has 12 heteroatoms. The average Bonchev–Trinajstić information content (AvgIpc) is 2.94. The lowest BCUT2D eigenvalue weighted by atomic mass is 9.78. The van der Waals surface area contributed by atoms with E-state index in [0.717, 1.165) is 6.07 Å². The first-order valence-corrected chi connectivity index (χ1v) is 12.7. The normalized spacial score (nSPS) is 18.3. The van der Waals surface area contributed by atoms with Gasteiger partial charge < -0.3 is 25.6 Å². The van der Waals surface area contributed by atoms with Gasteiger partial charge in [-0.05, 0) is 74.2 Å². The number of nitrogens with zero attached hydrogens (tertiary/aromatic N) is 2. The zero-order chi connectivity index (χ0) is 28.4. The molecule has 6 rings (SSSR count). The molecule has 40 heavy (non-hydrogen) atoms. The Morgan fingerprint density at radius 2 is 1.60 bits per heavy atom. The lowest BCUT2D eigenvalue weighted by Gasteiger charge is -2.45. The summed E-state index contributed by atoms with van der Waals surface area (Å²) in [5.74, 6) is -0.0627. The first-order valence-electron chi connectivity index (χ1n) is 12.7. The number of carbonyl (C=O) groups excluding carboxylic acids is 3. The van der Waals surface area contributed by atoms with Crippen molar-refractivity contribution in [3.8, 4) is 11.5 Å². The van der Waals surface area contributed by atoms with Crippen molar-refractivity contribution in [1.29, 1.82) is 0 Å². The Morgan fingerprint density at radius 1 is 0.925 bits per heavy atom. The summed E-state index contributed by atoms with van der Waals surface area (Å²) in [6.07, 6.45) is -0.510. The van der Waals surface area contributed by atoms with E-state index in [2.05, 4.69) is 20.9 Å². The fourth-order valence-electron chi connectivity index (χ4n) is 5.09. The highest BCUT2D eigenvalue weighted by molar-refractivity contribution is 6.01. The summed E-state index contributed by atoms with van der Waals surface area (Å²) in [6, 6.07) is 11.8. The number of alkyl halides is 3. The molecule has 0 atom stereocenters. The van der Waals surface area contributed by atoms with Crippen LogP contribution in [0.2, 0.25) is 0 Å². The molecule has 0 spiro atoms. The summed E-state index contributed by atoms with van der Waals surface area (Å²) in [6.45, 7) is 0. The van der Waals surface area contributed by atoms with Crippen LogP contribution in [0.25, 0.3) is 0 Å². The lowest BCUT2D eigenvalue weighted by Crippen LogP contribution is -2.53. The SMILES string of the molecule is CNC(=O)c1cc(Oc2ccc(NC(=O)Nc3ccc(N4C(=O)C5CCC4CC5)c(C(F)(F)F)c3)cc2)ccn1. The summed E-state index contributed by atoms with van der Waals surface area (Å²) in [4.78, 5) is 42.3. The maximum Gasteiger partial charge on any atom is 0.418 e. The van der Waals surface area contributed by atoms with E-state index in [1.54, 1.807) is 30.3 Å². The third-order valence-corrected chi connectivity index (χ3v) is 7.01. The number of hydrogen-bond donors (Lipinski definition) is 3. The van der Waals surface area contributed by atoms with E-state index in [0.29, 0.717) is 42.9 Å². The van der Waals surface area contributed by atoms with Gasteiger partial charge in [0, 0.05) is 42.6 Å².